The first kappa shape index (κ1) is 15.4. The van der Waals surface area contributed by atoms with E-state index < -0.39 is 12.3 Å². The van der Waals surface area contributed by atoms with E-state index in [1.54, 1.807) is 43.3 Å². The van der Waals surface area contributed by atoms with E-state index in [1.165, 1.54) is 7.11 Å². The Labute approximate surface area is 134 Å². The van der Waals surface area contributed by atoms with Crippen molar-refractivity contribution >= 4 is 5.97 Å². The molecule has 0 fully saturated rings. The second-order valence-electron chi connectivity index (χ2n) is 5.47. The summed E-state index contributed by atoms with van der Waals surface area (Å²) in [5.41, 5.74) is 1.99. The molecule has 3 rings (SSSR count). The van der Waals surface area contributed by atoms with Crippen LogP contribution in [-0.2, 0) is 9.47 Å². The number of ether oxygens (including phenoxy) is 3. The zero-order valence-corrected chi connectivity index (χ0v) is 13.0. The molecule has 1 heterocycles. The molecule has 0 amide bonds. The van der Waals surface area contributed by atoms with E-state index in [4.69, 9.17) is 14.2 Å². The van der Waals surface area contributed by atoms with Gasteiger partial charge in [0.1, 0.15) is 18.1 Å². The molecule has 5 nitrogen and oxygen atoms in total. The van der Waals surface area contributed by atoms with Gasteiger partial charge in [-0.1, -0.05) is 18.2 Å². The Bertz CT molecular complexity index is 711. The third-order valence-corrected chi connectivity index (χ3v) is 3.94. The van der Waals surface area contributed by atoms with Gasteiger partial charge < -0.3 is 19.3 Å². The first-order chi connectivity index (χ1) is 11.1. The number of fused-ring (bicyclic) bond motifs is 1. The van der Waals surface area contributed by atoms with E-state index in [0.717, 1.165) is 11.1 Å². The Morgan fingerprint density at radius 1 is 1.26 bits per heavy atom. The number of esters is 1. The van der Waals surface area contributed by atoms with Crippen molar-refractivity contribution in [3.63, 3.8) is 0 Å². The molecule has 2 atom stereocenters. The van der Waals surface area contributed by atoms with Crippen molar-refractivity contribution in [2.24, 2.45) is 0 Å². The summed E-state index contributed by atoms with van der Waals surface area (Å²) in [6, 6.07) is 12.2. The molecular formula is C18H18O5. The van der Waals surface area contributed by atoms with Crippen LogP contribution in [0.4, 0.5) is 0 Å². The highest BCUT2D eigenvalue weighted by molar-refractivity contribution is 5.89. The largest absolute Gasteiger partial charge is 0.508 e. The van der Waals surface area contributed by atoms with E-state index >= 15 is 0 Å². The maximum atomic E-state index is 12.1. The van der Waals surface area contributed by atoms with Gasteiger partial charge in [-0.2, -0.15) is 0 Å². The fourth-order valence-corrected chi connectivity index (χ4v) is 2.64. The lowest BCUT2D eigenvalue weighted by Gasteiger charge is -2.17. The molecule has 2 aromatic carbocycles. The molecule has 1 N–H and O–H groups in total. The topological polar surface area (TPSA) is 65.0 Å². The fourth-order valence-electron chi connectivity index (χ4n) is 2.64. The highest BCUT2D eigenvalue weighted by atomic mass is 16.7. The Hall–Kier alpha value is -2.53. The maximum absolute atomic E-state index is 12.1. The lowest BCUT2D eigenvalue weighted by molar-refractivity contribution is -0.0654. The van der Waals surface area contributed by atoms with Gasteiger partial charge in [0.15, 0.2) is 0 Å². The average Bonchev–Trinajstić information content (AvgIpc) is 2.90. The van der Waals surface area contributed by atoms with E-state index in [2.05, 4.69) is 0 Å². The van der Waals surface area contributed by atoms with Gasteiger partial charge in [0, 0.05) is 12.7 Å². The summed E-state index contributed by atoms with van der Waals surface area (Å²) >= 11 is 0. The molecule has 2 aromatic rings. The van der Waals surface area contributed by atoms with E-state index in [-0.39, 0.29) is 18.3 Å². The number of aromatic hydroxyl groups is 1. The molecule has 0 saturated carbocycles. The molecule has 5 heteroatoms. The van der Waals surface area contributed by atoms with E-state index in [0.29, 0.717) is 11.3 Å². The van der Waals surface area contributed by atoms with Gasteiger partial charge in [0.25, 0.3) is 0 Å². The third kappa shape index (κ3) is 3.00. The predicted octanol–water partition coefficient (Wildman–Crippen LogP) is 3.01. The van der Waals surface area contributed by atoms with Gasteiger partial charge in [-0.25, -0.2) is 4.79 Å². The Morgan fingerprint density at radius 2 is 2.00 bits per heavy atom. The molecule has 0 radical (unpaired) electrons. The standard InChI is InChI=1S/C18H18O5/c1-11-8-16-13(9-15(11)19)14(18(21-2)23-16)10-22-17(20)12-6-4-3-5-7-12/h3-9,14,18-19H,10H2,1-2H3/t14-,18-/m0/s1. The Kier molecular flexibility index (Phi) is 4.21. The number of rotatable bonds is 4. The van der Waals surface area contributed by atoms with Crippen molar-refractivity contribution in [3.05, 3.63) is 59.2 Å². The summed E-state index contributed by atoms with van der Waals surface area (Å²) < 4.78 is 16.4. The second-order valence-corrected chi connectivity index (χ2v) is 5.47. The normalized spacial score (nSPS) is 19.0. The number of hydrogen-bond donors (Lipinski definition) is 1. The summed E-state index contributed by atoms with van der Waals surface area (Å²) in [7, 11) is 1.54. The van der Waals surface area contributed by atoms with Crippen LogP contribution < -0.4 is 4.74 Å². The molecule has 0 unspecified atom stereocenters. The molecule has 0 bridgehead atoms. The molecule has 1 aliphatic rings. The summed E-state index contributed by atoms with van der Waals surface area (Å²) in [5, 5.41) is 9.91. The molecule has 0 aromatic heterocycles. The Morgan fingerprint density at radius 3 is 2.70 bits per heavy atom. The highest BCUT2D eigenvalue weighted by Crippen LogP contribution is 2.42. The second kappa shape index (κ2) is 6.30. The van der Waals surface area contributed by atoms with Crippen LogP contribution in [0.3, 0.4) is 0 Å². The van der Waals surface area contributed by atoms with Gasteiger partial charge in [-0.3, -0.25) is 0 Å². The number of methoxy groups -OCH3 is 1. The molecule has 120 valence electrons. The number of aryl methyl sites for hydroxylation is 1. The number of carbonyl (C=O) groups is 1. The molecule has 0 saturated heterocycles. The minimum Gasteiger partial charge on any atom is -0.508 e. The summed E-state index contributed by atoms with van der Waals surface area (Å²) in [6.07, 6.45) is -0.547. The van der Waals surface area contributed by atoms with Crippen molar-refractivity contribution in [2.45, 2.75) is 19.1 Å². The summed E-state index contributed by atoms with van der Waals surface area (Å²) in [5.74, 6) is 0.149. The quantitative estimate of drug-likeness (QED) is 0.879. The minimum absolute atomic E-state index is 0.113. The van der Waals surface area contributed by atoms with Crippen LogP contribution in [0, 0.1) is 6.92 Å². The lowest BCUT2D eigenvalue weighted by atomic mass is 9.99. The number of carbonyl (C=O) groups excluding carboxylic acids is 1. The van der Waals surface area contributed by atoms with Crippen LogP contribution in [0.5, 0.6) is 11.5 Å². The number of benzene rings is 2. The average molecular weight is 314 g/mol. The molecule has 1 aliphatic heterocycles. The van der Waals surface area contributed by atoms with Gasteiger partial charge >= 0.3 is 5.97 Å². The molecular weight excluding hydrogens is 296 g/mol. The SMILES string of the molecule is CO[C@H]1Oc2cc(C)c(O)cc2[C@@H]1COC(=O)c1ccccc1. The van der Waals surface area contributed by atoms with Gasteiger partial charge in [-0.05, 0) is 36.8 Å². The summed E-state index contributed by atoms with van der Waals surface area (Å²) in [4.78, 5) is 12.1. The fraction of sp³-hybridized carbons (Fsp3) is 0.278. The maximum Gasteiger partial charge on any atom is 0.338 e. The van der Waals surface area contributed by atoms with E-state index in [1.807, 2.05) is 6.07 Å². The predicted molar refractivity (Wildman–Crippen MR) is 83.7 cm³/mol. The van der Waals surface area contributed by atoms with Crippen LogP contribution in [0.1, 0.15) is 27.4 Å². The lowest BCUT2D eigenvalue weighted by Crippen LogP contribution is -2.25. The van der Waals surface area contributed by atoms with Gasteiger partial charge in [0.2, 0.25) is 6.29 Å². The molecule has 0 spiro atoms. The highest BCUT2D eigenvalue weighted by Gasteiger charge is 2.36. The van der Waals surface area contributed by atoms with Crippen LogP contribution in [-0.4, -0.2) is 31.1 Å². The monoisotopic (exact) mass is 314 g/mol. The van der Waals surface area contributed by atoms with Gasteiger partial charge in [0.05, 0.1) is 11.5 Å². The smallest absolute Gasteiger partial charge is 0.338 e. The summed E-state index contributed by atoms with van der Waals surface area (Å²) in [6.45, 7) is 1.91. The zero-order valence-electron chi connectivity index (χ0n) is 13.0. The van der Waals surface area contributed by atoms with Crippen LogP contribution in [0.15, 0.2) is 42.5 Å². The molecule has 0 aliphatic carbocycles. The number of phenols is 1. The number of phenolic OH excluding ortho intramolecular Hbond substituents is 1. The first-order valence-corrected chi connectivity index (χ1v) is 7.35. The van der Waals surface area contributed by atoms with E-state index in [9.17, 15) is 9.90 Å². The first-order valence-electron chi connectivity index (χ1n) is 7.35. The molecule has 23 heavy (non-hydrogen) atoms. The Balaban J connectivity index is 1.77. The van der Waals surface area contributed by atoms with Crippen LogP contribution in [0.25, 0.3) is 0 Å². The van der Waals surface area contributed by atoms with Crippen molar-refractivity contribution in [1.82, 2.24) is 0 Å². The van der Waals surface area contributed by atoms with Crippen molar-refractivity contribution in [3.8, 4) is 11.5 Å². The minimum atomic E-state index is -0.547. The van der Waals surface area contributed by atoms with Crippen molar-refractivity contribution < 1.29 is 24.1 Å². The third-order valence-electron chi connectivity index (χ3n) is 3.94. The van der Waals surface area contributed by atoms with Crippen molar-refractivity contribution in [2.75, 3.05) is 13.7 Å². The van der Waals surface area contributed by atoms with Crippen LogP contribution >= 0.6 is 0 Å². The van der Waals surface area contributed by atoms with Gasteiger partial charge in [-0.15, -0.1) is 0 Å². The zero-order chi connectivity index (χ0) is 16.4. The van der Waals surface area contributed by atoms with Crippen LogP contribution in [0.2, 0.25) is 0 Å². The van der Waals surface area contributed by atoms with Crippen molar-refractivity contribution in [1.29, 1.82) is 0 Å². The number of hydrogen-bond acceptors (Lipinski definition) is 5.